The number of carbonyl (C=O) groups excluding carboxylic acids is 1. The van der Waals surface area contributed by atoms with Crippen molar-refractivity contribution >= 4 is 16.9 Å². The van der Waals surface area contributed by atoms with Gasteiger partial charge in [-0.05, 0) is 31.9 Å². The number of hydrogen-bond donors (Lipinski definition) is 3. The zero-order chi connectivity index (χ0) is 19.0. The van der Waals surface area contributed by atoms with Gasteiger partial charge in [-0.25, -0.2) is 9.78 Å². The van der Waals surface area contributed by atoms with Crippen LogP contribution in [0.4, 0.5) is 0 Å². The van der Waals surface area contributed by atoms with Crippen LogP contribution < -0.4 is 11.2 Å². The molecule has 1 fully saturated rings. The topological polar surface area (TPSA) is 115 Å². The summed E-state index contributed by atoms with van der Waals surface area (Å²) in [5, 5.41) is 0. The van der Waals surface area contributed by atoms with E-state index in [4.69, 9.17) is 0 Å². The van der Waals surface area contributed by atoms with Crippen molar-refractivity contribution in [1.82, 2.24) is 24.8 Å². The minimum absolute atomic E-state index is 0.0230. The number of likely N-dealkylation sites (tertiary alicyclic amines) is 1. The number of piperidine rings is 1. The predicted octanol–water partition coefficient (Wildman–Crippen LogP) is 1.20. The number of aryl methyl sites for hydroxylation is 1. The highest BCUT2D eigenvalue weighted by Gasteiger charge is 2.27. The third-order valence-corrected chi connectivity index (χ3v) is 5.15. The molecule has 27 heavy (non-hydrogen) atoms. The molecule has 3 N–H and O–H groups in total. The predicted molar refractivity (Wildman–Crippen MR) is 101 cm³/mol. The van der Waals surface area contributed by atoms with Crippen molar-refractivity contribution in [3.05, 3.63) is 62.2 Å². The zero-order valence-corrected chi connectivity index (χ0v) is 15.0. The van der Waals surface area contributed by atoms with Crippen molar-refractivity contribution in [1.29, 1.82) is 0 Å². The Kier molecular flexibility index (Phi) is 4.39. The summed E-state index contributed by atoms with van der Waals surface area (Å²) in [7, 11) is 0. The first kappa shape index (κ1) is 17.3. The summed E-state index contributed by atoms with van der Waals surface area (Å²) >= 11 is 0. The lowest BCUT2D eigenvalue weighted by molar-refractivity contribution is -0.131. The van der Waals surface area contributed by atoms with Crippen molar-refractivity contribution in [3.8, 4) is 0 Å². The molecule has 1 atom stereocenters. The van der Waals surface area contributed by atoms with Crippen LogP contribution in [0.15, 0.2) is 33.9 Å². The van der Waals surface area contributed by atoms with Gasteiger partial charge in [0.25, 0.3) is 5.56 Å². The van der Waals surface area contributed by atoms with Gasteiger partial charge < -0.3 is 14.9 Å². The van der Waals surface area contributed by atoms with E-state index in [1.165, 1.54) is 0 Å². The Morgan fingerprint density at radius 1 is 1.22 bits per heavy atom. The van der Waals surface area contributed by atoms with Crippen LogP contribution in [-0.4, -0.2) is 43.8 Å². The van der Waals surface area contributed by atoms with Crippen LogP contribution in [0.25, 0.3) is 11.0 Å². The van der Waals surface area contributed by atoms with E-state index >= 15 is 0 Å². The number of imidazole rings is 1. The summed E-state index contributed by atoms with van der Waals surface area (Å²) in [6, 6.07) is 7.87. The average Bonchev–Trinajstić information content (AvgIpc) is 3.09. The summed E-state index contributed by atoms with van der Waals surface area (Å²) < 4.78 is 0. The molecular weight excluding hydrogens is 346 g/mol. The fourth-order valence-electron chi connectivity index (χ4n) is 3.69. The van der Waals surface area contributed by atoms with Crippen molar-refractivity contribution in [2.75, 3.05) is 13.1 Å². The minimum atomic E-state index is -0.559. The van der Waals surface area contributed by atoms with Crippen LogP contribution in [0, 0.1) is 6.92 Å². The summed E-state index contributed by atoms with van der Waals surface area (Å²) in [6.07, 6.45) is 1.82. The van der Waals surface area contributed by atoms with Crippen LogP contribution >= 0.6 is 0 Å². The van der Waals surface area contributed by atoms with Crippen LogP contribution in [0.3, 0.4) is 0 Å². The molecule has 4 rings (SSSR count). The minimum Gasteiger partial charge on any atom is -0.342 e. The van der Waals surface area contributed by atoms with Crippen LogP contribution in [-0.2, 0) is 11.2 Å². The summed E-state index contributed by atoms with van der Waals surface area (Å²) in [6.45, 7) is 2.86. The maximum Gasteiger partial charge on any atom is 0.325 e. The van der Waals surface area contributed by atoms with Crippen LogP contribution in [0.2, 0.25) is 0 Å². The molecule has 3 heterocycles. The van der Waals surface area contributed by atoms with Crippen molar-refractivity contribution in [2.45, 2.75) is 32.1 Å². The van der Waals surface area contributed by atoms with Crippen molar-refractivity contribution in [2.24, 2.45) is 0 Å². The molecule has 0 bridgehead atoms. The molecule has 0 aliphatic carbocycles. The average molecular weight is 367 g/mol. The van der Waals surface area contributed by atoms with E-state index in [-0.39, 0.29) is 18.2 Å². The summed E-state index contributed by atoms with van der Waals surface area (Å²) in [5.74, 6) is 0.924. The number of nitrogens with zero attached hydrogens (tertiary/aromatic N) is 2. The number of amides is 1. The largest absolute Gasteiger partial charge is 0.342 e. The Morgan fingerprint density at radius 2 is 2.04 bits per heavy atom. The lowest BCUT2D eigenvalue weighted by atomic mass is 9.96. The lowest BCUT2D eigenvalue weighted by Crippen LogP contribution is -2.41. The molecule has 140 valence electrons. The van der Waals surface area contributed by atoms with E-state index in [0.717, 1.165) is 29.7 Å². The quantitative estimate of drug-likeness (QED) is 0.645. The SMILES string of the molecule is Cc1[nH]c(=O)[nH]c(=O)c1CC(=O)N1CCCC(c2nc3ccccc3[nH]2)C1. The number of para-hydroxylation sites is 2. The van der Waals surface area contributed by atoms with Crippen molar-refractivity contribution in [3.63, 3.8) is 0 Å². The van der Waals surface area contributed by atoms with Gasteiger partial charge in [-0.15, -0.1) is 0 Å². The second kappa shape index (κ2) is 6.86. The van der Waals surface area contributed by atoms with Crippen LogP contribution in [0.5, 0.6) is 0 Å². The fraction of sp³-hybridized carbons (Fsp3) is 0.368. The molecule has 1 aliphatic rings. The van der Waals surface area contributed by atoms with Crippen molar-refractivity contribution < 1.29 is 4.79 Å². The van der Waals surface area contributed by atoms with Gasteiger partial charge in [-0.2, -0.15) is 0 Å². The first-order chi connectivity index (χ1) is 13.0. The standard InChI is InChI=1S/C19H21N5O3/c1-11-13(18(26)23-19(27)20-11)9-16(25)24-8-4-5-12(10-24)17-21-14-6-2-3-7-15(14)22-17/h2-3,6-7,12H,4-5,8-10H2,1H3,(H,21,22)(H2,20,23,26,27). The monoisotopic (exact) mass is 367 g/mol. The number of fused-ring (bicyclic) bond motifs is 1. The zero-order valence-electron chi connectivity index (χ0n) is 15.0. The highest BCUT2D eigenvalue weighted by molar-refractivity contribution is 5.79. The van der Waals surface area contributed by atoms with E-state index in [0.29, 0.717) is 24.3 Å². The summed E-state index contributed by atoms with van der Waals surface area (Å²) in [5.41, 5.74) is 1.60. The Bertz CT molecular complexity index is 1080. The number of aromatic nitrogens is 4. The van der Waals surface area contributed by atoms with E-state index in [1.807, 2.05) is 24.3 Å². The van der Waals surface area contributed by atoms with Gasteiger partial charge in [0, 0.05) is 30.3 Å². The molecule has 1 saturated heterocycles. The molecule has 0 saturated carbocycles. The number of benzene rings is 1. The molecule has 0 radical (unpaired) electrons. The number of H-pyrrole nitrogens is 3. The molecule has 1 unspecified atom stereocenters. The van der Waals surface area contributed by atoms with E-state index in [1.54, 1.807) is 11.8 Å². The molecule has 1 amide bonds. The number of hydrogen-bond acceptors (Lipinski definition) is 4. The Morgan fingerprint density at radius 3 is 2.81 bits per heavy atom. The molecule has 1 aromatic carbocycles. The number of aromatic amines is 3. The van der Waals surface area contributed by atoms with Gasteiger partial charge >= 0.3 is 5.69 Å². The molecule has 2 aromatic heterocycles. The maximum absolute atomic E-state index is 12.8. The number of rotatable bonds is 3. The van der Waals surface area contributed by atoms with E-state index in [2.05, 4.69) is 19.9 Å². The van der Waals surface area contributed by atoms with E-state index < -0.39 is 11.2 Å². The molecule has 1 aliphatic heterocycles. The normalized spacial score (nSPS) is 17.4. The van der Waals surface area contributed by atoms with E-state index in [9.17, 15) is 14.4 Å². The molecular formula is C19H21N5O3. The first-order valence-electron chi connectivity index (χ1n) is 9.06. The van der Waals surface area contributed by atoms with Gasteiger partial charge in [0.1, 0.15) is 5.82 Å². The van der Waals surface area contributed by atoms with Gasteiger partial charge in [0.15, 0.2) is 0 Å². The highest BCUT2D eigenvalue weighted by Crippen LogP contribution is 2.27. The van der Waals surface area contributed by atoms with Gasteiger partial charge in [0.05, 0.1) is 17.5 Å². The second-order valence-corrected chi connectivity index (χ2v) is 7.01. The second-order valence-electron chi connectivity index (χ2n) is 7.01. The maximum atomic E-state index is 12.8. The third kappa shape index (κ3) is 3.42. The third-order valence-electron chi connectivity index (χ3n) is 5.15. The highest BCUT2D eigenvalue weighted by atomic mass is 16.2. The van der Waals surface area contributed by atoms with Gasteiger partial charge in [0.2, 0.25) is 5.91 Å². The van der Waals surface area contributed by atoms with Crippen LogP contribution in [0.1, 0.15) is 35.8 Å². The molecule has 8 heteroatoms. The Balaban J connectivity index is 1.52. The number of nitrogens with one attached hydrogen (secondary N) is 3. The molecule has 8 nitrogen and oxygen atoms in total. The molecule has 3 aromatic rings. The first-order valence-corrected chi connectivity index (χ1v) is 9.06. The Hall–Kier alpha value is -3.16. The number of carbonyl (C=O) groups is 1. The smallest absolute Gasteiger partial charge is 0.325 e. The van der Waals surface area contributed by atoms with Gasteiger partial charge in [-0.1, -0.05) is 12.1 Å². The molecule has 0 spiro atoms. The lowest BCUT2D eigenvalue weighted by Gasteiger charge is -2.32. The fourth-order valence-corrected chi connectivity index (χ4v) is 3.69. The summed E-state index contributed by atoms with van der Waals surface area (Å²) in [4.78, 5) is 50.6. The van der Waals surface area contributed by atoms with Gasteiger partial charge in [-0.3, -0.25) is 14.6 Å². The Labute approximate surface area is 154 Å².